The zero-order chi connectivity index (χ0) is 17.5. The Morgan fingerprint density at radius 1 is 1.50 bits per heavy atom. The highest BCUT2D eigenvalue weighted by molar-refractivity contribution is 5.79. The first-order valence-corrected chi connectivity index (χ1v) is 7.73. The number of aliphatic imine (C=N–C) groups is 1. The van der Waals surface area contributed by atoms with Gasteiger partial charge in [0.25, 0.3) is 0 Å². The third kappa shape index (κ3) is 5.02. The van der Waals surface area contributed by atoms with Crippen molar-refractivity contribution in [2.75, 3.05) is 33.9 Å². The molecule has 5 nitrogen and oxygen atoms in total. The molecule has 0 saturated carbocycles. The number of alkyl halides is 2. The highest BCUT2D eigenvalue weighted by atomic mass is 19.3. The van der Waals surface area contributed by atoms with Crippen molar-refractivity contribution in [1.29, 1.82) is 0 Å². The van der Waals surface area contributed by atoms with E-state index in [-0.39, 0.29) is 17.9 Å². The molecule has 1 aliphatic rings. The minimum absolute atomic E-state index is 0.00704. The van der Waals surface area contributed by atoms with Crippen molar-refractivity contribution in [1.82, 2.24) is 10.2 Å². The van der Waals surface area contributed by atoms with E-state index in [9.17, 15) is 13.2 Å². The van der Waals surface area contributed by atoms with Crippen molar-refractivity contribution in [3.63, 3.8) is 0 Å². The van der Waals surface area contributed by atoms with Crippen LogP contribution in [0.15, 0.2) is 23.2 Å². The topological polar surface area (TPSA) is 46.1 Å². The van der Waals surface area contributed by atoms with E-state index < -0.39 is 12.4 Å². The standard InChI is InChI=1S/C16H22F3N3O2/c1-20-16(22(2)9-11-6-7-23-10-11)21-8-12-13(17)4-3-5-14(12)24-15(18)19/h3-5,11,15H,6-10H2,1-2H3,(H,20,21). The second-order valence-corrected chi connectivity index (χ2v) is 5.61. The predicted octanol–water partition coefficient (Wildman–Crippen LogP) is 2.47. The van der Waals surface area contributed by atoms with Gasteiger partial charge in [0.15, 0.2) is 5.96 Å². The van der Waals surface area contributed by atoms with E-state index in [0.717, 1.165) is 19.6 Å². The molecule has 0 bridgehead atoms. The van der Waals surface area contributed by atoms with Crippen LogP contribution in [0.3, 0.4) is 0 Å². The summed E-state index contributed by atoms with van der Waals surface area (Å²) in [5.41, 5.74) is 0.0385. The monoisotopic (exact) mass is 345 g/mol. The Kier molecular flexibility index (Phi) is 6.72. The maximum atomic E-state index is 13.9. The molecule has 1 N–H and O–H groups in total. The molecule has 1 aromatic carbocycles. The molecular weight excluding hydrogens is 323 g/mol. The molecule has 1 atom stereocenters. The molecule has 0 aliphatic carbocycles. The van der Waals surface area contributed by atoms with Crippen LogP contribution in [0, 0.1) is 11.7 Å². The molecule has 0 spiro atoms. The van der Waals surface area contributed by atoms with E-state index in [4.69, 9.17) is 4.74 Å². The highest BCUT2D eigenvalue weighted by Gasteiger charge is 2.20. The number of benzene rings is 1. The predicted molar refractivity (Wildman–Crippen MR) is 84.8 cm³/mol. The van der Waals surface area contributed by atoms with Crippen molar-refractivity contribution in [3.05, 3.63) is 29.6 Å². The van der Waals surface area contributed by atoms with Gasteiger partial charge in [-0.05, 0) is 18.6 Å². The van der Waals surface area contributed by atoms with Crippen LogP contribution in [-0.4, -0.2) is 51.3 Å². The van der Waals surface area contributed by atoms with Crippen LogP contribution in [0.4, 0.5) is 13.2 Å². The molecule has 1 fully saturated rings. The SMILES string of the molecule is CN=C(NCc1c(F)cccc1OC(F)F)N(C)CC1CCOC1. The molecule has 1 unspecified atom stereocenters. The van der Waals surface area contributed by atoms with Gasteiger partial charge in [-0.1, -0.05) is 6.07 Å². The molecule has 1 saturated heterocycles. The van der Waals surface area contributed by atoms with Gasteiger partial charge in [-0.15, -0.1) is 0 Å². The Morgan fingerprint density at radius 3 is 2.92 bits per heavy atom. The first-order chi connectivity index (χ1) is 11.5. The largest absolute Gasteiger partial charge is 0.434 e. The van der Waals surface area contributed by atoms with Gasteiger partial charge in [0.1, 0.15) is 11.6 Å². The Hall–Kier alpha value is -1.96. The number of rotatable bonds is 6. The minimum atomic E-state index is -3.00. The van der Waals surface area contributed by atoms with Crippen LogP contribution in [0.5, 0.6) is 5.75 Å². The summed E-state index contributed by atoms with van der Waals surface area (Å²) >= 11 is 0. The molecule has 0 radical (unpaired) electrons. The maximum absolute atomic E-state index is 13.9. The smallest absolute Gasteiger partial charge is 0.387 e. The van der Waals surface area contributed by atoms with Gasteiger partial charge >= 0.3 is 6.61 Å². The Morgan fingerprint density at radius 2 is 2.29 bits per heavy atom. The zero-order valence-corrected chi connectivity index (χ0v) is 13.8. The Balaban J connectivity index is 2.00. The highest BCUT2D eigenvalue weighted by Crippen LogP contribution is 2.23. The first kappa shape index (κ1) is 18.4. The van der Waals surface area contributed by atoms with Gasteiger partial charge in [0, 0.05) is 45.3 Å². The minimum Gasteiger partial charge on any atom is -0.434 e. The molecule has 2 rings (SSSR count). The summed E-state index contributed by atoms with van der Waals surface area (Å²) in [5, 5.41) is 2.98. The summed E-state index contributed by atoms with van der Waals surface area (Å²) in [5.74, 6) is 0.177. The first-order valence-electron chi connectivity index (χ1n) is 7.73. The lowest BCUT2D eigenvalue weighted by Gasteiger charge is -2.25. The van der Waals surface area contributed by atoms with Crippen LogP contribution in [0.25, 0.3) is 0 Å². The number of ether oxygens (including phenoxy) is 2. The van der Waals surface area contributed by atoms with E-state index in [2.05, 4.69) is 15.0 Å². The summed E-state index contributed by atoms with van der Waals surface area (Å²) in [7, 11) is 3.48. The molecule has 24 heavy (non-hydrogen) atoms. The normalized spacial score (nSPS) is 18.1. The fourth-order valence-corrected chi connectivity index (χ4v) is 2.67. The van der Waals surface area contributed by atoms with Crippen LogP contribution in [-0.2, 0) is 11.3 Å². The average Bonchev–Trinajstić information content (AvgIpc) is 3.02. The lowest BCUT2D eigenvalue weighted by atomic mass is 10.1. The van der Waals surface area contributed by atoms with Crippen molar-refractivity contribution in [2.45, 2.75) is 19.6 Å². The van der Waals surface area contributed by atoms with Gasteiger partial charge < -0.3 is 19.7 Å². The molecule has 1 heterocycles. The zero-order valence-electron chi connectivity index (χ0n) is 13.8. The fourth-order valence-electron chi connectivity index (χ4n) is 2.67. The Bertz CT molecular complexity index is 563. The number of nitrogens with zero attached hydrogens (tertiary/aromatic N) is 2. The number of halogens is 3. The van der Waals surface area contributed by atoms with Crippen LogP contribution < -0.4 is 10.1 Å². The second kappa shape index (κ2) is 8.77. The van der Waals surface area contributed by atoms with E-state index >= 15 is 0 Å². The van der Waals surface area contributed by atoms with Crippen LogP contribution >= 0.6 is 0 Å². The van der Waals surface area contributed by atoms with Gasteiger partial charge in [-0.25, -0.2) is 4.39 Å². The van der Waals surface area contributed by atoms with Gasteiger partial charge in [0.05, 0.1) is 6.61 Å². The number of hydrogen-bond acceptors (Lipinski definition) is 3. The summed E-state index contributed by atoms with van der Waals surface area (Å²) < 4.78 is 48.6. The summed E-state index contributed by atoms with van der Waals surface area (Å²) in [6, 6.07) is 3.85. The maximum Gasteiger partial charge on any atom is 0.387 e. The van der Waals surface area contributed by atoms with E-state index in [1.54, 1.807) is 7.05 Å². The molecule has 134 valence electrons. The quantitative estimate of drug-likeness (QED) is 0.636. The van der Waals surface area contributed by atoms with E-state index in [0.29, 0.717) is 18.5 Å². The average molecular weight is 345 g/mol. The number of hydrogen-bond donors (Lipinski definition) is 1. The lowest BCUT2D eigenvalue weighted by molar-refractivity contribution is -0.0506. The van der Waals surface area contributed by atoms with Crippen molar-refractivity contribution < 1.29 is 22.6 Å². The lowest BCUT2D eigenvalue weighted by Crippen LogP contribution is -2.41. The van der Waals surface area contributed by atoms with E-state index in [1.165, 1.54) is 18.2 Å². The summed E-state index contributed by atoms with van der Waals surface area (Å²) in [4.78, 5) is 6.06. The van der Waals surface area contributed by atoms with Gasteiger partial charge in [-0.3, -0.25) is 4.99 Å². The Labute approximate surface area is 139 Å². The molecular formula is C16H22F3N3O2. The molecule has 8 heteroatoms. The van der Waals surface area contributed by atoms with Gasteiger partial charge in [-0.2, -0.15) is 8.78 Å². The molecule has 1 aromatic rings. The molecule has 1 aliphatic heterocycles. The molecule has 0 amide bonds. The van der Waals surface area contributed by atoms with E-state index in [1.807, 2.05) is 11.9 Å². The summed E-state index contributed by atoms with van der Waals surface area (Å²) in [6.45, 7) is -0.797. The van der Waals surface area contributed by atoms with Crippen molar-refractivity contribution in [3.8, 4) is 5.75 Å². The number of guanidine groups is 1. The van der Waals surface area contributed by atoms with Crippen LogP contribution in [0.2, 0.25) is 0 Å². The third-order valence-corrected chi connectivity index (χ3v) is 3.84. The summed E-state index contributed by atoms with van der Waals surface area (Å²) in [6.07, 6.45) is 0.987. The second-order valence-electron chi connectivity index (χ2n) is 5.61. The van der Waals surface area contributed by atoms with Gasteiger partial charge in [0.2, 0.25) is 0 Å². The van der Waals surface area contributed by atoms with Crippen molar-refractivity contribution in [2.24, 2.45) is 10.9 Å². The molecule has 0 aromatic heterocycles. The third-order valence-electron chi connectivity index (χ3n) is 3.84. The number of nitrogens with one attached hydrogen (secondary N) is 1. The fraction of sp³-hybridized carbons (Fsp3) is 0.562. The van der Waals surface area contributed by atoms with Crippen LogP contribution in [0.1, 0.15) is 12.0 Å². The van der Waals surface area contributed by atoms with Crippen molar-refractivity contribution >= 4 is 5.96 Å².